The second-order valence-electron chi connectivity index (χ2n) is 30.9. The molecule has 2 aromatic carbocycles. The van der Waals surface area contributed by atoms with Crippen molar-refractivity contribution in [1.82, 2.24) is 45.8 Å². The van der Waals surface area contributed by atoms with Gasteiger partial charge in [0.2, 0.25) is 47.3 Å². The summed E-state index contributed by atoms with van der Waals surface area (Å²) in [6.45, 7) is 24.0. The predicted molar refractivity (Wildman–Crippen MR) is 394 cm³/mol. The average Bonchev–Trinajstić information content (AvgIpc) is 1.70. The number of ether oxygens (including phenoxy) is 5. The molecule has 5 rings (SSSR count). The number of aliphatic hydroxyl groups excluding tert-OH is 3. The third-order valence-electron chi connectivity index (χ3n) is 22.0. The molecule has 0 spiro atoms. The Morgan fingerprint density at radius 2 is 1.20 bits per heavy atom. The van der Waals surface area contributed by atoms with Gasteiger partial charge in [0.25, 0.3) is 0 Å². The fourth-order valence-electron chi connectivity index (χ4n) is 15.2. The van der Waals surface area contributed by atoms with Gasteiger partial charge in [0, 0.05) is 61.5 Å². The predicted octanol–water partition coefficient (Wildman–Crippen LogP) is 4.60. The molecule has 0 saturated carbocycles. The molecule has 20 atom stereocenters. The van der Waals surface area contributed by atoms with Crippen LogP contribution in [-0.4, -0.2) is 258 Å². The van der Waals surface area contributed by atoms with Crippen LogP contribution in [0.1, 0.15) is 159 Å². The fraction of sp³-hybridized carbons (Fsp3) is 0.727. The van der Waals surface area contributed by atoms with Crippen LogP contribution in [0.25, 0.3) is 0 Å². The van der Waals surface area contributed by atoms with Crippen molar-refractivity contribution < 1.29 is 82.2 Å². The summed E-state index contributed by atoms with van der Waals surface area (Å²) >= 11 is 0. The summed E-state index contributed by atoms with van der Waals surface area (Å²) in [7, 11) is 9.12. The number of nitrogens with two attached hydrogens (primary N) is 1. The first-order chi connectivity index (χ1) is 48.9. The Kier molecular flexibility index (Phi) is 33.5. The van der Waals surface area contributed by atoms with Crippen molar-refractivity contribution in [1.29, 1.82) is 0 Å². The van der Waals surface area contributed by atoms with Crippen LogP contribution in [0.15, 0.2) is 60.7 Å². The number of likely N-dealkylation sites (tertiary alicyclic amines) is 2. The number of benzene rings is 2. The maximum atomic E-state index is 15.7. The third kappa shape index (κ3) is 21.9. The van der Waals surface area contributed by atoms with Crippen LogP contribution in [-0.2, 0) is 68.5 Å². The van der Waals surface area contributed by atoms with Crippen molar-refractivity contribution in [3.8, 4) is 0 Å². The zero-order valence-electron chi connectivity index (χ0n) is 65.5. The van der Waals surface area contributed by atoms with Crippen LogP contribution < -0.4 is 27.0 Å². The number of hydrogen-bond acceptors (Lipinski definition) is 18. The van der Waals surface area contributed by atoms with Gasteiger partial charge >= 0.3 is 6.09 Å². The smallest absolute Gasteiger partial charge is 0.410 e. The first-order valence-corrected chi connectivity index (χ1v) is 37.2. The number of rotatable bonds is 40. The zero-order chi connectivity index (χ0) is 78.0. The van der Waals surface area contributed by atoms with Gasteiger partial charge in [0.1, 0.15) is 23.2 Å². The van der Waals surface area contributed by atoms with Crippen molar-refractivity contribution in [3.63, 3.8) is 0 Å². The number of nitrogens with zero attached hydrogens (tertiary/aromatic N) is 5. The van der Waals surface area contributed by atoms with Crippen LogP contribution in [0, 0.1) is 41.4 Å². The van der Waals surface area contributed by atoms with E-state index in [0.29, 0.717) is 37.7 Å². The van der Waals surface area contributed by atoms with Crippen molar-refractivity contribution in [2.45, 2.75) is 244 Å². The van der Waals surface area contributed by atoms with E-state index in [1.807, 2.05) is 64.1 Å². The van der Waals surface area contributed by atoms with Gasteiger partial charge in [-0.25, -0.2) is 4.79 Å². The molecule has 586 valence electrons. The van der Waals surface area contributed by atoms with Gasteiger partial charge in [-0.1, -0.05) is 143 Å². The number of methoxy groups -OCH3 is 3. The molecule has 27 heteroatoms. The first-order valence-electron chi connectivity index (χ1n) is 37.2. The molecule has 2 aromatic rings. The van der Waals surface area contributed by atoms with Gasteiger partial charge in [0.15, 0.2) is 6.04 Å². The Morgan fingerprint density at radius 1 is 0.702 bits per heavy atom. The summed E-state index contributed by atoms with van der Waals surface area (Å²) in [6.07, 6.45) is -3.27. The van der Waals surface area contributed by atoms with Gasteiger partial charge in [-0.2, -0.15) is 0 Å². The second-order valence-corrected chi connectivity index (χ2v) is 30.9. The van der Waals surface area contributed by atoms with Crippen molar-refractivity contribution in [3.05, 3.63) is 71.8 Å². The molecular weight excluding hydrogens is 1340 g/mol. The topological polar surface area (TPSA) is 351 Å². The monoisotopic (exact) mass is 1460 g/mol. The van der Waals surface area contributed by atoms with Gasteiger partial charge in [-0.3, -0.25) is 43.3 Å². The molecule has 9 N–H and O–H groups in total. The van der Waals surface area contributed by atoms with E-state index in [4.69, 9.17) is 29.4 Å². The molecule has 104 heavy (non-hydrogen) atoms. The van der Waals surface area contributed by atoms with Crippen LogP contribution in [0.3, 0.4) is 0 Å². The molecule has 3 fully saturated rings. The Hall–Kier alpha value is -6.85. The van der Waals surface area contributed by atoms with Gasteiger partial charge in [-0.15, -0.1) is 0 Å². The molecule has 3 aliphatic heterocycles. The Morgan fingerprint density at radius 3 is 1.67 bits per heavy atom. The summed E-state index contributed by atoms with van der Waals surface area (Å²) < 4.78 is 31.4. The van der Waals surface area contributed by atoms with Crippen LogP contribution in [0.4, 0.5) is 4.79 Å². The number of aliphatic hydroxyl groups is 3. The molecule has 3 heterocycles. The lowest BCUT2D eigenvalue weighted by molar-refractivity contribution is -0.149. The Balaban J connectivity index is 1.54. The van der Waals surface area contributed by atoms with E-state index in [1.54, 1.807) is 110 Å². The van der Waals surface area contributed by atoms with E-state index in [0.717, 1.165) is 5.56 Å². The molecule has 0 aromatic heterocycles. The molecular formula is C77H126N10O17. The van der Waals surface area contributed by atoms with E-state index in [2.05, 4.69) is 21.3 Å². The summed E-state index contributed by atoms with van der Waals surface area (Å²) in [6, 6.07) is 10.9. The van der Waals surface area contributed by atoms with Gasteiger partial charge in [0.05, 0.1) is 111 Å². The van der Waals surface area contributed by atoms with E-state index in [9.17, 15) is 48.9 Å². The first kappa shape index (κ1) is 87.8. The lowest BCUT2D eigenvalue weighted by atomic mass is 9.89. The van der Waals surface area contributed by atoms with E-state index in [1.165, 1.54) is 50.0 Å². The van der Waals surface area contributed by atoms with Crippen molar-refractivity contribution >= 4 is 53.4 Å². The summed E-state index contributed by atoms with van der Waals surface area (Å²) in [5.74, 6) is -7.45. The normalized spacial score (nSPS) is 22.4. The molecule has 0 bridgehead atoms. The highest BCUT2D eigenvalue weighted by Gasteiger charge is 2.53. The Labute approximate surface area is 617 Å². The standard InChI is InChI=1S/C77H126N10O17/c1-21-46(7)63(84(16)73(97)62(45(5)6)82-74(98)77(14,78)43-89)57(100-18)38-59(90)86-35-29-34-55(86)67(49(10)69(93)79-50(11)65(92)53-32-27-24-28-33-53)103-42-52-37-56(66(102-20)48(9)70(94)80-54(41-88)36-51-30-25-23-26-31-51)87(40-52)60(91)39-58(101-19)64(47(8)22-2)83(15)72(96)61(44(3)4)81-71(95)68-76(12,13)104-75(99)85(68)17/h23-28,30-33,44-50,52,54-58,61-68,88-89,92H,21-22,29,34-43,78H2,1-20H3,(H,79,93)(H,80,94)(H,81,95)(H,82,98)/t46-,47-,48+,49+,50+,52?,54-,55-,56-,57+,58+,61-,62-,63-,64-,65+,66+,67+,68?,77?/m0/s1. The van der Waals surface area contributed by atoms with Crippen molar-refractivity contribution in [2.24, 2.45) is 47.2 Å². The average molecular weight is 1460 g/mol. The van der Waals surface area contributed by atoms with Crippen molar-refractivity contribution in [2.75, 3.05) is 75.4 Å². The number of cyclic esters (lactones) is 1. The number of carbonyl (C=O) groups excluding carboxylic acids is 9. The maximum absolute atomic E-state index is 15.7. The highest BCUT2D eigenvalue weighted by molar-refractivity contribution is 5.94. The minimum Gasteiger partial charge on any atom is -0.441 e. The zero-order valence-corrected chi connectivity index (χ0v) is 65.5. The molecule has 3 aliphatic rings. The van der Waals surface area contributed by atoms with Gasteiger partial charge < -0.3 is 85.6 Å². The number of likely N-dealkylation sites (N-methyl/N-ethyl adjacent to an activating group) is 3. The van der Waals surface area contributed by atoms with E-state index >= 15 is 9.59 Å². The third-order valence-corrected chi connectivity index (χ3v) is 22.0. The summed E-state index contributed by atoms with van der Waals surface area (Å²) in [5.41, 5.74) is 4.72. The van der Waals surface area contributed by atoms with E-state index in [-0.39, 0.29) is 63.3 Å². The quantitative estimate of drug-likeness (QED) is 0.0452. The minimum atomic E-state index is -1.66. The highest BCUT2D eigenvalue weighted by Crippen LogP contribution is 2.37. The highest BCUT2D eigenvalue weighted by atomic mass is 16.6. The molecule has 3 unspecified atom stereocenters. The van der Waals surface area contributed by atoms with Crippen LogP contribution in [0.2, 0.25) is 0 Å². The molecule has 27 nitrogen and oxygen atoms in total. The SMILES string of the molecule is CC[C@H](C)[C@@H]([C@@H](CC(=O)N1CC(CO[C@H]([C@@H](C)C(=O)N[C@H](C)[C@@H](O)c2ccccc2)[C@@H]2CCCN2C(=O)C[C@@H](OC)[C@H]([C@@H](C)CC)N(C)C(=O)[C@@H](NC(=O)C(C)(N)CO)C(C)C)C[C@H]1[C@H](OC)[C@@H](C)C(=O)N[C@H](CO)Cc1ccccc1)OC)N(C)C(=O)[C@@H](NC(=O)C1N(C)C(=O)OC1(C)C)C(C)C. The molecule has 3 saturated heterocycles. The lowest BCUT2D eigenvalue weighted by Gasteiger charge is -2.41. The molecule has 9 amide bonds. The van der Waals surface area contributed by atoms with Crippen LogP contribution in [0.5, 0.6) is 0 Å². The summed E-state index contributed by atoms with van der Waals surface area (Å²) in [5, 5.41) is 43.7. The largest absolute Gasteiger partial charge is 0.441 e. The number of carbonyl (C=O) groups is 9. The Bertz CT molecular complexity index is 3130. The molecule has 0 aliphatic carbocycles. The second kappa shape index (κ2) is 39.7. The number of amides is 9. The molecule has 0 radical (unpaired) electrons. The lowest BCUT2D eigenvalue weighted by Crippen LogP contribution is -2.62. The van der Waals surface area contributed by atoms with Gasteiger partial charge in [-0.05, 0) is 88.2 Å². The number of nitrogens with one attached hydrogen (secondary N) is 4. The number of hydrogen-bond donors (Lipinski definition) is 8. The fourth-order valence-corrected chi connectivity index (χ4v) is 15.2. The minimum absolute atomic E-state index is 0.0559. The van der Waals surface area contributed by atoms with Crippen LogP contribution >= 0.6 is 0 Å². The summed E-state index contributed by atoms with van der Waals surface area (Å²) in [4.78, 5) is 138. The maximum Gasteiger partial charge on any atom is 0.410 e. The van der Waals surface area contributed by atoms with E-state index < -0.39 is 180 Å².